The first-order valence-electron chi connectivity index (χ1n) is 8.01. The highest BCUT2D eigenvalue weighted by Crippen LogP contribution is 2.31. The average Bonchev–Trinajstić information content (AvgIpc) is 3.05. The maximum Gasteiger partial charge on any atom is 0.342 e. The summed E-state index contributed by atoms with van der Waals surface area (Å²) >= 11 is 0.856. The number of carbonyl (C=O) groups is 1. The zero-order chi connectivity index (χ0) is 18.4. The van der Waals surface area contributed by atoms with E-state index in [1.165, 1.54) is 6.08 Å². The Balaban J connectivity index is 2.28. The lowest BCUT2D eigenvalue weighted by molar-refractivity contribution is -0.131. The number of hydrogen-bond donors (Lipinski definition) is 2. The Bertz CT molecular complexity index is 769. The van der Waals surface area contributed by atoms with Crippen LogP contribution in [0.4, 0.5) is 5.69 Å². The first kappa shape index (κ1) is 18.9. The smallest absolute Gasteiger partial charge is 0.342 e. The number of carboxylic acids is 1. The molecule has 0 atom stereocenters. The number of phenolic OH excluding ortho intramolecular Hbond substituents is 1. The Morgan fingerprint density at radius 1 is 1.28 bits per heavy atom. The second-order valence-corrected chi connectivity index (χ2v) is 6.14. The second-order valence-electron chi connectivity index (χ2n) is 5.15. The molecule has 2 N–H and O–H groups in total. The monoisotopic (exact) mass is 363 g/mol. The summed E-state index contributed by atoms with van der Waals surface area (Å²) in [5.41, 5.74) is 1.30. The molecule has 1 aromatic carbocycles. The molecular weight excluding hydrogens is 342 g/mol. The average molecular weight is 363 g/mol. The maximum absolute atomic E-state index is 11.5. The number of aromatic nitrogens is 2. The Kier molecular flexibility index (Phi) is 6.46. The third kappa shape index (κ3) is 4.76. The molecule has 134 valence electrons. The minimum absolute atomic E-state index is 0.0165. The van der Waals surface area contributed by atoms with Gasteiger partial charge >= 0.3 is 5.97 Å². The number of anilines is 1. The van der Waals surface area contributed by atoms with Gasteiger partial charge in [-0.2, -0.15) is 0 Å². The fourth-order valence-corrected chi connectivity index (χ4v) is 2.91. The van der Waals surface area contributed by atoms with E-state index in [1.54, 1.807) is 12.1 Å². The fourth-order valence-electron chi connectivity index (χ4n) is 2.23. The quantitative estimate of drug-likeness (QED) is 0.544. The minimum atomic E-state index is -1.13. The number of aryl methyl sites for hydroxylation is 1. The topological polar surface area (TPSA) is 99.7 Å². The lowest BCUT2D eigenvalue weighted by Gasteiger charge is -2.21. The Morgan fingerprint density at radius 2 is 2.00 bits per heavy atom. The van der Waals surface area contributed by atoms with Gasteiger partial charge in [0, 0.05) is 36.8 Å². The van der Waals surface area contributed by atoms with Gasteiger partial charge in [-0.3, -0.25) is 0 Å². The van der Waals surface area contributed by atoms with Crippen molar-refractivity contribution in [1.29, 1.82) is 0 Å². The zero-order valence-corrected chi connectivity index (χ0v) is 15.2. The van der Waals surface area contributed by atoms with E-state index in [-0.39, 0.29) is 15.9 Å². The van der Waals surface area contributed by atoms with Crippen molar-refractivity contribution in [1.82, 2.24) is 10.2 Å². The molecule has 8 heteroatoms. The van der Waals surface area contributed by atoms with Crippen LogP contribution in [0.3, 0.4) is 0 Å². The molecule has 0 saturated carbocycles. The van der Waals surface area contributed by atoms with Crippen LogP contribution in [-0.2, 0) is 11.2 Å². The summed E-state index contributed by atoms with van der Waals surface area (Å²) in [6, 6.07) is 5.17. The van der Waals surface area contributed by atoms with Gasteiger partial charge in [0.2, 0.25) is 5.89 Å². The normalized spacial score (nSPS) is 11.6. The molecule has 2 rings (SSSR count). The van der Waals surface area contributed by atoms with E-state index >= 15 is 0 Å². The van der Waals surface area contributed by atoms with E-state index in [1.807, 2.05) is 26.8 Å². The number of phenols is 1. The van der Waals surface area contributed by atoms with Crippen molar-refractivity contribution in [2.24, 2.45) is 0 Å². The predicted molar refractivity (Wildman–Crippen MR) is 96.8 cm³/mol. The molecule has 0 spiro atoms. The highest BCUT2D eigenvalue weighted by atomic mass is 32.2. The molecule has 1 heterocycles. The molecule has 0 saturated heterocycles. The molecule has 0 aliphatic carbocycles. The van der Waals surface area contributed by atoms with Crippen LogP contribution in [0.15, 0.2) is 32.7 Å². The molecule has 0 amide bonds. The number of thioether (sulfide) groups is 1. The largest absolute Gasteiger partial charge is 0.507 e. The number of rotatable bonds is 8. The maximum atomic E-state index is 11.5. The van der Waals surface area contributed by atoms with E-state index < -0.39 is 5.97 Å². The molecule has 1 aromatic heterocycles. The minimum Gasteiger partial charge on any atom is -0.507 e. The van der Waals surface area contributed by atoms with E-state index in [0.717, 1.165) is 30.5 Å². The predicted octanol–water partition coefficient (Wildman–Crippen LogP) is 3.40. The van der Waals surface area contributed by atoms with Crippen molar-refractivity contribution < 1.29 is 19.4 Å². The number of carboxylic acid groups (broad SMARTS) is 1. The second kappa shape index (κ2) is 8.57. The summed E-state index contributed by atoms with van der Waals surface area (Å²) in [5.74, 6) is -0.671. The van der Waals surface area contributed by atoms with Crippen molar-refractivity contribution in [2.75, 3.05) is 18.0 Å². The van der Waals surface area contributed by atoms with Crippen LogP contribution < -0.4 is 4.90 Å². The van der Waals surface area contributed by atoms with Gasteiger partial charge in [0.15, 0.2) is 0 Å². The van der Waals surface area contributed by atoms with Crippen LogP contribution in [0.2, 0.25) is 0 Å². The Labute approximate surface area is 150 Å². The Hall–Kier alpha value is -2.48. The highest BCUT2D eigenvalue weighted by Gasteiger charge is 2.16. The standard InChI is InChI=1S/C17H21N3O4S/c1-4-15-18-19-17(24-15)25-14(16(22)23)9-11-7-8-12(10-13(11)21)20(5-2)6-3/h7-10,21H,4-6H2,1-3H3,(H,22,23)/b14-9-. The van der Waals surface area contributed by atoms with Gasteiger partial charge in [0.05, 0.1) is 0 Å². The summed E-state index contributed by atoms with van der Waals surface area (Å²) in [7, 11) is 0. The number of aliphatic carboxylic acids is 1. The summed E-state index contributed by atoms with van der Waals surface area (Å²) in [6.07, 6.45) is 1.97. The molecule has 25 heavy (non-hydrogen) atoms. The van der Waals surface area contributed by atoms with Crippen molar-refractivity contribution in [3.05, 3.63) is 34.6 Å². The zero-order valence-electron chi connectivity index (χ0n) is 14.4. The number of hydrogen-bond acceptors (Lipinski definition) is 7. The lowest BCUT2D eigenvalue weighted by atomic mass is 10.1. The van der Waals surface area contributed by atoms with Crippen LogP contribution in [0, 0.1) is 0 Å². The summed E-state index contributed by atoms with van der Waals surface area (Å²) in [6.45, 7) is 7.56. The number of benzene rings is 1. The SMILES string of the molecule is CCc1nnc(S/C(=C\c2ccc(N(CC)CC)cc2O)C(=O)O)o1. The summed E-state index contributed by atoms with van der Waals surface area (Å²) in [4.78, 5) is 13.6. The fraction of sp³-hybridized carbons (Fsp3) is 0.353. The molecular formula is C17H21N3O4S. The van der Waals surface area contributed by atoms with Gasteiger partial charge < -0.3 is 19.5 Å². The first-order valence-corrected chi connectivity index (χ1v) is 8.83. The molecule has 2 aromatic rings. The van der Waals surface area contributed by atoms with Crippen LogP contribution >= 0.6 is 11.8 Å². The molecule has 0 unspecified atom stereocenters. The van der Waals surface area contributed by atoms with Crippen LogP contribution in [0.1, 0.15) is 32.2 Å². The molecule has 0 bridgehead atoms. The number of nitrogens with zero attached hydrogens (tertiary/aromatic N) is 3. The van der Waals surface area contributed by atoms with Crippen LogP contribution in [-0.4, -0.2) is 39.5 Å². The van der Waals surface area contributed by atoms with E-state index in [2.05, 4.69) is 15.1 Å². The van der Waals surface area contributed by atoms with Gasteiger partial charge in [-0.05, 0) is 43.8 Å². The van der Waals surface area contributed by atoms with Crippen LogP contribution in [0.5, 0.6) is 5.75 Å². The highest BCUT2D eigenvalue weighted by molar-refractivity contribution is 8.03. The Morgan fingerprint density at radius 3 is 2.52 bits per heavy atom. The van der Waals surface area contributed by atoms with Crippen LogP contribution in [0.25, 0.3) is 6.08 Å². The summed E-state index contributed by atoms with van der Waals surface area (Å²) in [5, 5.41) is 27.4. The molecule has 0 aliphatic heterocycles. The summed E-state index contributed by atoms with van der Waals surface area (Å²) < 4.78 is 5.33. The van der Waals surface area contributed by atoms with Gasteiger partial charge in [0.25, 0.3) is 5.22 Å². The van der Waals surface area contributed by atoms with E-state index in [4.69, 9.17) is 4.42 Å². The third-order valence-electron chi connectivity index (χ3n) is 3.59. The van der Waals surface area contributed by atoms with Gasteiger partial charge in [-0.1, -0.05) is 6.92 Å². The lowest BCUT2D eigenvalue weighted by Crippen LogP contribution is -2.21. The first-order chi connectivity index (χ1) is 12.0. The van der Waals surface area contributed by atoms with Gasteiger partial charge in [0.1, 0.15) is 10.7 Å². The van der Waals surface area contributed by atoms with E-state index in [0.29, 0.717) is 17.9 Å². The van der Waals surface area contributed by atoms with Gasteiger partial charge in [-0.15, -0.1) is 10.2 Å². The van der Waals surface area contributed by atoms with Crippen molar-refractivity contribution >= 4 is 29.5 Å². The van der Waals surface area contributed by atoms with Crippen molar-refractivity contribution in [2.45, 2.75) is 32.4 Å². The molecule has 0 radical (unpaired) electrons. The van der Waals surface area contributed by atoms with Crippen molar-refractivity contribution in [3.8, 4) is 5.75 Å². The van der Waals surface area contributed by atoms with E-state index in [9.17, 15) is 15.0 Å². The molecule has 0 aliphatic rings. The van der Waals surface area contributed by atoms with Gasteiger partial charge in [-0.25, -0.2) is 4.79 Å². The molecule has 7 nitrogen and oxygen atoms in total. The number of aromatic hydroxyl groups is 1. The molecule has 0 fully saturated rings. The van der Waals surface area contributed by atoms with Crippen molar-refractivity contribution in [3.63, 3.8) is 0 Å². The third-order valence-corrected chi connectivity index (χ3v) is 4.44.